The fraction of sp³-hybridized carbons (Fsp3) is 0.353. The highest BCUT2D eigenvalue weighted by Gasteiger charge is 2.26. The molecule has 1 fully saturated rings. The lowest BCUT2D eigenvalue weighted by atomic mass is 9.89. The number of piperidine rings is 1. The van der Waals surface area contributed by atoms with Crippen molar-refractivity contribution in [3.8, 4) is 5.75 Å². The average Bonchev–Trinajstić information content (AvgIpc) is 2.60. The van der Waals surface area contributed by atoms with Gasteiger partial charge in [-0.15, -0.1) is 0 Å². The molecule has 1 aliphatic rings. The van der Waals surface area contributed by atoms with Gasteiger partial charge < -0.3 is 15.4 Å². The van der Waals surface area contributed by atoms with Crippen LogP contribution < -0.4 is 15.4 Å². The minimum Gasteiger partial charge on any atom is -0.497 e. The topological polar surface area (TPSA) is 81.3 Å². The molecule has 24 heavy (non-hydrogen) atoms. The molecule has 7 heteroatoms. The first-order valence-corrected chi connectivity index (χ1v) is 8.18. The number of hydrogen-bond acceptors (Lipinski definition) is 6. The summed E-state index contributed by atoms with van der Waals surface area (Å²) in [6.07, 6.45) is 1.54. The zero-order valence-electron chi connectivity index (χ0n) is 13.4. The second-order valence-electron chi connectivity index (χ2n) is 5.76. The van der Waals surface area contributed by atoms with E-state index in [2.05, 4.69) is 14.9 Å². The van der Waals surface area contributed by atoms with E-state index in [9.17, 15) is 4.79 Å². The molecule has 0 bridgehead atoms. The summed E-state index contributed by atoms with van der Waals surface area (Å²) in [6.45, 7) is 1.47. The fourth-order valence-corrected chi connectivity index (χ4v) is 3.13. The molecule has 1 saturated heterocycles. The quantitative estimate of drug-likeness (QED) is 0.677. The molecule has 3 rings (SSSR count). The van der Waals surface area contributed by atoms with Crippen molar-refractivity contribution in [1.29, 1.82) is 0 Å². The van der Waals surface area contributed by atoms with Gasteiger partial charge in [-0.25, -0.2) is 4.98 Å². The molecule has 1 aliphatic heterocycles. The van der Waals surface area contributed by atoms with Gasteiger partial charge >= 0.3 is 0 Å². The number of rotatable bonds is 4. The maximum atomic E-state index is 12.6. The Morgan fingerprint density at radius 2 is 1.92 bits per heavy atom. The Morgan fingerprint density at radius 3 is 2.50 bits per heavy atom. The number of hydrogen-bond donors (Lipinski definition) is 1. The average molecular weight is 347 g/mol. The van der Waals surface area contributed by atoms with Crippen molar-refractivity contribution < 1.29 is 9.53 Å². The van der Waals surface area contributed by atoms with E-state index in [4.69, 9.17) is 22.1 Å². The van der Waals surface area contributed by atoms with Gasteiger partial charge in [0.2, 0.25) is 5.95 Å². The molecule has 0 saturated carbocycles. The molecule has 0 amide bonds. The van der Waals surface area contributed by atoms with Gasteiger partial charge in [-0.1, -0.05) is 11.6 Å². The number of nitrogen functional groups attached to an aromatic ring is 1. The number of nitrogens with zero attached hydrogens (tertiary/aromatic N) is 3. The van der Waals surface area contributed by atoms with E-state index in [1.54, 1.807) is 13.2 Å². The monoisotopic (exact) mass is 346 g/mol. The molecule has 1 aromatic carbocycles. The van der Waals surface area contributed by atoms with E-state index in [1.165, 1.54) is 0 Å². The van der Waals surface area contributed by atoms with Crippen molar-refractivity contribution >= 4 is 29.2 Å². The number of methoxy groups -OCH3 is 1. The summed E-state index contributed by atoms with van der Waals surface area (Å²) in [5.41, 5.74) is 6.37. The van der Waals surface area contributed by atoms with Crippen LogP contribution in [-0.4, -0.2) is 36.0 Å². The molecule has 1 aromatic heterocycles. The molecule has 0 spiro atoms. The van der Waals surface area contributed by atoms with Gasteiger partial charge in [0.25, 0.3) is 0 Å². The number of anilines is 2. The number of halogens is 1. The number of carbonyl (C=O) groups is 1. The lowest BCUT2D eigenvalue weighted by molar-refractivity contribution is 0.0900. The van der Waals surface area contributed by atoms with Crippen LogP contribution in [0.4, 0.5) is 11.8 Å². The minimum absolute atomic E-state index is 0.0179. The predicted molar refractivity (Wildman–Crippen MR) is 93.7 cm³/mol. The van der Waals surface area contributed by atoms with Crippen LogP contribution in [0.15, 0.2) is 30.3 Å². The molecule has 2 N–H and O–H groups in total. The van der Waals surface area contributed by atoms with E-state index < -0.39 is 0 Å². The van der Waals surface area contributed by atoms with Gasteiger partial charge in [0, 0.05) is 30.6 Å². The van der Waals surface area contributed by atoms with E-state index in [0.29, 0.717) is 11.0 Å². The van der Waals surface area contributed by atoms with Crippen molar-refractivity contribution in [2.75, 3.05) is 30.8 Å². The van der Waals surface area contributed by atoms with Crippen molar-refractivity contribution in [2.45, 2.75) is 12.8 Å². The number of carbonyl (C=O) groups excluding carboxylic acids is 1. The number of benzene rings is 1. The fourth-order valence-electron chi connectivity index (χ4n) is 2.95. The highest BCUT2D eigenvalue weighted by atomic mass is 35.5. The maximum absolute atomic E-state index is 12.6. The number of nitrogens with two attached hydrogens (primary N) is 1. The van der Waals surface area contributed by atoms with Crippen molar-refractivity contribution in [1.82, 2.24) is 9.97 Å². The molecule has 0 unspecified atom stereocenters. The Labute approximate surface area is 145 Å². The Hall–Kier alpha value is -2.34. The van der Waals surface area contributed by atoms with Crippen LogP contribution in [0.3, 0.4) is 0 Å². The van der Waals surface area contributed by atoms with Gasteiger partial charge in [0.1, 0.15) is 16.7 Å². The third kappa shape index (κ3) is 3.59. The molecular formula is C17H19ClN4O2. The number of aromatic nitrogens is 2. The molecule has 0 atom stereocenters. The highest BCUT2D eigenvalue weighted by molar-refractivity contribution is 6.29. The minimum atomic E-state index is 0.0179. The molecule has 0 radical (unpaired) electrons. The lowest BCUT2D eigenvalue weighted by Crippen LogP contribution is -2.37. The lowest BCUT2D eigenvalue weighted by Gasteiger charge is -2.32. The standard InChI is InChI=1S/C17H19ClN4O2/c1-24-13-4-2-11(3-5-13)16(23)12-6-8-22(9-7-12)15-10-14(18)20-17(19)21-15/h2-5,10,12H,6-9H2,1H3,(H2,19,20,21). The summed E-state index contributed by atoms with van der Waals surface area (Å²) in [7, 11) is 1.61. The van der Waals surface area contributed by atoms with Crippen molar-refractivity contribution in [2.24, 2.45) is 5.92 Å². The van der Waals surface area contributed by atoms with E-state index in [0.717, 1.165) is 37.2 Å². The van der Waals surface area contributed by atoms with E-state index in [1.807, 2.05) is 24.3 Å². The van der Waals surface area contributed by atoms with Crippen LogP contribution >= 0.6 is 11.6 Å². The molecule has 2 heterocycles. The first-order valence-electron chi connectivity index (χ1n) is 7.80. The van der Waals surface area contributed by atoms with Gasteiger partial charge in [-0.3, -0.25) is 4.79 Å². The van der Waals surface area contributed by atoms with E-state index in [-0.39, 0.29) is 17.6 Å². The van der Waals surface area contributed by atoms with Crippen LogP contribution in [0.1, 0.15) is 23.2 Å². The highest BCUT2D eigenvalue weighted by Crippen LogP contribution is 2.26. The van der Waals surface area contributed by atoms with Crippen LogP contribution in [0.25, 0.3) is 0 Å². The molecular weight excluding hydrogens is 328 g/mol. The van der Waals surface area contributed by atoms with Crippen LogP contribution in [0.2, 0.25) is 5.15 Å². The third-order valence-corrected chi connectivity index (χ3v) is 4.46. The number of Topliss-reactive ketones (excluding diaryl/α,β-unsaturated/α-hetero) is 1. The molecule has 6 nitrogen and oxygen atoms in total. The first-order chi connectivity index (χ1) is 11.6. The third-order valence-electron chi connectivity index (χ3n) is 4.26. The molecule has 126 valence electrons. The Kier molecular flexibility index (Phi) is 4.85. The van der Waals surface area contributed by atoms with Gasteiger partial charge in [-0.05, 0) is 37.1 Å². The number of ether oxygens (including phenoxy) is 1. The van der Waals surface area contributed by atoms with Crippen LogP contribution in [0.5, 0.6) is 5.75 Å². The van der Waals surface area contributed by atoms with E-state index >= 15 is 0 Å². The summed E-state index contributed by atoms with van der Waals surface area (Å²) in [4.78, 5) is 22.8. The number of ketones is 1. The van der Waals surface area contributed by atoms with Crippen molar-refractivity contribution in [3.63, 3.8) is 0 Å². The zero-order valence-corrected chi connectivity index (χ0v) is 14.2. The Bertz CT molecular complexity index is 708. The molecule has 2 aromatic rings. The summed E-state index contributed by atoms with van der Waals surface area (Å²) >= 11 is 5.93. The first kappa shape index (κ1) is 16.5. The summed E-state index contributed by atoms with van der Waals surface area (Å²) in [5, 5.41) is 0.328. The second-order valence-corrected chi connectivity index (χ2v) is 6.15. The zero-order chi connectivity index (χ0) is 17.1. The second kappa shape index (κ2) is 7.05. The maximum Gasteiger partial charge on any atom is 0.223 e. The Balaban J connectivity index is 1.64. The van der Waals surface area contributed by atoms with Gasteiger partial charge in [0.05, 0.1) is 7.11 Å². The van der Waals surface area contributed by atoms with Gasteiger partial charge in [0.15, 0.2) is 5.78 Å². The smallest absolute Gasteiger partial charge is 0.223 e. The SMILES string of the molecule is COc1ccc(C(=O)C2CCN(c3cc(Cl)nc(N)n3)CC2)cc1. The normalized spacial score (nSPS) is 15.3. The predicted octanol–water partition coefficient (Wildman–Crippen LogP) is 2.82. The Morgan fingerprint density at radius 1 is 1.25 bits per heavy atom. The van der Waals surface area contributed by atoms with Crippen LogP contribution in [0, 0.1) is 5.92 Å². The largest absolute Gasteiger partial charge is 0.497 e. The summed E-state index contributed by atoms with van der Waals surface area (Å²) in [5.74, 6) is 1.82. The van der Waals surface area contributed by atoms with Gasteiger partial charge in [-0.2, -0.15) is 4.98 Å². The van der Waals surface area contributed by atoms with Crippen LogP contribution in [-0.2, 0) is 0 Å². The molecule has 0 aliphatic carbocycles. The summed E-state index contributed by atoms with van der Waals surface area (Å²) in [6, 6.07) is 8.96. The summed E-state index contributed by atoms with van der Waals surface area (Å²) < 4.78 is 5.13. The van der Waals surface area contributed by atoms with Crippen molar-refractivity contribution in [3.05, 3.63) is 41.0 Å².